The van der Waals surface area contributed by atoms with Crippen LogP contribution in [0.3, 0.4) is 0 Å². The van der Waals surface area contributed by atoms with Gasteiger partial charge in [-0.1, -0.05) is 22.0 Å². The van der Waals surface area contributed by atoms with E-state index in [2.05, 4.69) is 31.2 Å². The van der Waals surface area contributed by atoms with Crippen molar-refractivity contribution in [3.8, 4) is 6.07 Å². The summed E-state index contributed by atoms with van der Waals surface area (Å²) in [5.74, 6) is 0.464. The van der Waals surface area contributed by atoms with E-state index in [1.54, 1.807) is 6.20 Å². The van der Waals surface area contributed by atoms with Gasteiger partial charge in [-0.2, -0.15) is 5.26 Å². The predicted octanol–water partition coefficient (Wildman–Crippen LogP) is 3.16. The van der Waals surface area contributed by atoms with Gasteiger partial charge in [0.05, 0.1) is 0 Å². The summed E-state index contributed by atoms with van der Waals surface area (Å²) in [4.78, 5) is 8.02. The van der Waals surface area contributed by atoms with Crippen molar-refractivity contribution in [2.24, 2.45) is 0 Å². The maximum atomic E-state index is 8.89. The topological polar surface area (TPSA) is 61.6 Å². The van der Waals surface area contributed by atoms with E-state index in [4.69, 9.17) is 5.26 Å². The van der Waals surface area contributed by atoms with Crippen LogP contribution in [0.5, 0.6) is 0 Å². The maximum Gasteiger partial charge on any atom is 0.183 e. The molecule has 1 N–H and O–H groups in total. The lowest BCUT2D eigenvalue weighted by Crippen LogP contribution is -1.98. The normalized spacial score (nSPS) is 9.71. The van der Waals surface area contributed by atoms with Gasteiger partial charge in [-0.05, 0) is 24.6 Å². The number of aryl methyl sites for hydroxylation is 1. The largest absolute Gasteiger partial charge is 0.338 e. The molecule has 2 aromatic rings. The number of hydrogen-bond donors (Lipinski definition) is 1. The Morgan fingerprint density at radius 1 is 1.29 bits per heavy atom. The minimum Gasteiger partial charge on any atom is -0.338 e. The summed E-state index contributed by atoms with van der Waals surface area (Å²) in [7, 11) is 0. The lowest BCUT2D eigenvalue weighted by molar-refractivity contribution is 1.16. The summed E-state index contributed by atoms with van der Waals surface area (Å²) >= 11 is 3.45. The molecule has 0 atom stereocenters. The summed E-state index contributed by atoms with van der Waals surface area (Å²) in [5, 5.41) is 12.0. The van der Waals surface area contributed by atoms with Crippen molar-refractivity contribution in [1.29, 1.82) is 5.26 Å². The Kier molecular flexibility index (Phi) is 3.35. The van der Waals surface area contributed by atoms with Gasteiger partial charge in [0.1, 0.15) is 6.07 Å². The number of rotatable bonds is 2. The number of hydrogen-bond acceptors (Lipinski definition) is 4. The molecule has 0 unspecified atom stereocenters. The zero-order valence-corrected chi connectivity index (χ0v) is 10.7. The average molecular weight is 289 g/mol. The van der Waals surface area contributed by atoms with Gasteiger partial charge in [-0.15, -0.1) is 0 Å². The van der Waals surface area contributed by atoms with Crippen LogP contribution >= 0.6 is 15.9 Å². The molecule has 5 heteroatoms. The van der Waals surface area contributed by atoms with E-state index >= 15 is 0 Å². The highest BCUT2D eigenvalue weighted by Gasteiger charge is 2.05. The van der Waals surface area contributed by atoms with Gasteiger partial charge >= 0.3 is 0 Å². The molecule has 0 saturated heterocycles. The Bertz CT molecular complexity index is 589. The van der Waals surface area contributed by atoms with Crippen LogP contribution in [0.1, 0.15) is 11.3 Å². The van der Waals surface area contributed by atoms with Crippen molar-refractivity contribution >= 4 is 27.4 Å². The monoisotopic (exact) mass is 288 g/mol. The van der Waals surface area contributed by atoms with E-state index < -0.39 is 0 Å². The molecule has 2 rings (SSSR count). The molecule has 0 fully saturated rings. The molecular formula is C12H9BrN4. The van der Waals surface area contributed by atoms with Gasteiger partial charge in [-0.3, -0.25) is 0 Å². The first kappa shape index (κ1) is 11.6. The second kappa shape index (κ2) is 4.93. The Hall–Kier alpha value is -1.93. The fourth-order valence-corrected chi connectivity index (χ4v) is 1.70. The van der Waals surface area contributed by atoms with Gasteiger partial charge in [-0.25, -0.2) is 9.97 Å². The van der Waals surface area contributed by atoms with E-state index in [0.29, 0.717) is 5.82 Å². The highest BCUT2D eigenvalue weighted by Crippen LogP contribution is 2.23. The third kappa shape index (κ3) is 2.60. The van der Waals surface area contributed by atoms with Gasteiger partial charge in [0.2, 0.25) is 0 Å². The second-order valence-corrected chi connectivity index (χ2v) is 4.31. The van der Waals surface area contributed by atoms with E-state index in [1.165, 1.54) is 6.20 Å². The molecule has 0 spiro atoms. The molecule has 0 aliphatic carbocycles. The standard InChI is InChI=1S/C12H9BrN4/c1-8-2-3-9(6-10(8)13)17-12-11(7-14)15-4-5-16-12/h2-6H,1H3,(H,16,17). The zero-order valence-electron chi connectivity index (χ0n) is 9.11. The number of benzene rings is 1. The quantitative estimate of drug-likeness (QED) is 0.922. The maximum absolute atomic E-state index is 8.89. The Morgan fingerprint density at radius 3 is 2.76 bits per heavy atom. The zero-order chi connectivity index (χ0) is 12.3. The third-order valence-electron chi connectivity index (χ3n) is 2.24. The fourth-order valence-electron chi connectivity index (χ4n) is 1.32. The summed E-state index contributed by atoms with van der Waals surface area (Å²) in [6.45, 7) is 2.01. The molecule has 84 valence electrons. The molecule has 1 heterocycles. The van der Waals surface area contributed by atoms with Crippen molar-refractivity contribution < 1.29 is 0 Å². The molecule has 1 aromatic heterocycles. The summed E-state index contributed by atoms with van der Waals surface area (Å²) in [5.41, 5.74) is 2.29. The van der Waals surface area contributed by atoms with Crippen LogP contribution < -0.4 is 5.32 Å². The van der Waals surface area contributed by atoms with E-state index in [-0.39, 0.29) is 5.69 Å². The molecule has 0 aliphatic heterocycles. The van der Waals surface area contributed by atoms with Crippen LogP contribution in [-0.4, -0.2) is 9.97 Å². The molecular weight excluding hydrogens is 280 g/mol. The minimum atomic E-state index is 0.282. The van der Waals surface area contributed by atoms with Gasteiger partial charge < -0.3 is 5.32 Å². The predicted molar refractivity (Wildman–Crippen MR) is 68.9 cm³/mol. The average Bonchev–Trinajstić information content (AvgIpc) is 2.34. The molecule has 1 aromatic carbocycles. The number of nitriles is 1. The number of aromatic nitrogens is 2. The van der Waals surface area contributed by atoms with E-state index in [9.17, 15) is 0 Å². The first-order valence-electron chi connectivity index (χ1n) is 4.95. The number of nitrogens with zero attached hydrogens (tertiary/aromatic N) is 3. The van der Waals surface area contributed by atoms with Crippen molar-refractivity contribution in [3.05, 3.63) is 46.3 Å². The highest BCUT2D eigenvalue weighted by molar-refractivity contribution is 9.10. The van der Waals surface area contributed by atoms with Crippen LogP contribution in [0.15, 0.2) is 35.1 Å². The molecule has 0 bridgehead atoms. The molecule has 0 amide bonds. The van der Waals surface area contributed by atoms with Crippen LogP contribution in [0.4, 0.5) is 11.5 Å². The van der Waals surface area contributed by atoms with E-state index in [0.717, 1.165) is 15.7 Å². The molecule has 0 radical (unpaired) electrons. The van der Waals surface area contributed by atoms with Crippen molar-refractivity contribution in [2.45, 2.75) is 6.92 Å². The molecule has 4 nitrogen and oxygen atoms in total. The fraction of sp³-hybridized carbons (Fsp3) is 0.0833. The molecule has 0 aliphatic rings. The SMILES string of the molecule is Cc1ccc(Nc2nccnc2C#N)cc1Br. The van der Waals surface area contributed by atoms with Gasteiger partial charge in [0.15, 0.2) is 11.5 Å². The number of halogens is 1. The Labute approximate surface area is 107 Å². The first-order chi connectivity index (χ1) is 8.20. The smallest absolute Gasteiger partial charge is 0.183 e. The lowest BCUT2D eigenvalue weighted by Gasteiger charge is -2.07. The molecule has 17 heavy (non-hydrogen) atoms. The third-order valence-corrected chi connectivity index (χ3v) is 3.09. The molecule has 0 saturated carbocycles. The minimum absolute atomic E-state index is 0.282. The first-order valence-corrected chi connectivity index (χ1v) is 5.74. The van der Waals surface area contributed by atoms with E-state index in [1.807, 2.05) is 31.2 Å². The Balaban J connectivity index is 2.32. The number of anilines is 2. The van der Waals surface area contributed by atoms with Crippen molar-refractivity contribution in [3.63, 3.8) is 0 Å². The van der Waals surface area contributed by atoms with Crippen molar-refractivity contribution in [1.82, 2.24) is 9.97 Å². The summed E-state index contributed by atoms with van der Waals surface area (Å²) in [6, 6.07) is 7.84. The van der Waals surface area contributed by atoms with Gasteiger partial charge in [0.25, 0.3) is 0 Å². The van der Waals surface area contributed by atoms with Crippen LogP contribution in [0.25, 0.3) is 0 Å². The summed E-state index contributed by atoms with van der Waals surface area (Å²) < 4.78 is 1.00. The Morgan fingerprint density at radius 2 is 2.06 bits per heavy atom. The van der Waals surface area contributed by atoms with Crippen LogP contribution in [-0.2, 0) is 0 Å². The number of nitrogens with one attached hydrogen (secondary N) is 1. The van der Waals surface area contributed by atoms with Crippen LogP contribution in [0, 0.1) is 18.3 Å². The van der Waals surface area contributed by atoms with Crippen LogP contribution in [0.2, 0.25) is 0 Å². The van der Waals surface area contributed by atoms with Crippen molar-refractivity contribution in [2.75, 3.05) is 5.32 Å². The highest BCUT2D eigenvalue weighted by atomic mass is 79.9. The second-order valence-electron chi connectivity index (χ2n) is 3.45. The van der Waals surface area contributed by atoms with Gasteiger partial charge in [0, 0.05) is 22.6 Å². The lowest BCUT2D eigenvalue weighted by atomic mass is 10.2. The summed E-state index contributed by atoms with van der Waals surface area (Å²) in [6.07, 6.45) is 3.04.